The van der Waals surface area contributed by atoms with Gasteiger partial charge in [0.05, 0.1) is 19.1 Å². The second kappa shape index (κ2) is 9.57. The lowest BCUT2D eigenvalue weighted by Gasteiger charge is -2.15. The monoisotopic (exact) mass is 406 g/mol. The van der Waals surface area contributed by atoms with Gasteiger partial charge in [0.1, 0.15) is 11.5 Å². The van der Waals surface area contributed by atoms with E-state index in [-0.39, 0.29) is 23.8 Å². The van der Waals surface area contributed by atoms with Crippen LogP contribution in [0.1, 0.15) is 17.5 Å². The summed E-state index contributed by atoms with van der Waals surface area (Å²) in [5.41, 5.74) is 1.41. The van der Waals surface area contributed by atoms with E-state index in [0.29, 0.717) is 23.5 Å². The van der Waals surface area contributed by atoms with Gasteiger partial charge in [0, 0.05) is 27.1 Å². The number of amides is 1. The van der Waals surface area contributed by atoms with Crippen LogP contribution < -0.4 is 14.8 Å². The van der Waals surface area contributed by atoms with Crippen LogP contribution in [0, 0.1) is 0 Å². The molecule has 7 nitrogen and oxygen atoms in total. The van der Waals surface area contributed by atoms with Gasteiger partial charge in [-0.2, -0.15) is 0 Å². The molecule has 0 heterocycles. The summed E-state index contributed by atoms with van der Waals surface area (Å²) in [5, 5.41) is 2.79. The van der Waals surface area contributed by atoms with Gasteiger partial charge in [-0.25, -0.2) is 12.7 Å². The second-order valence-corrected chi connectivity index (χ2v) is 8.47. The number of carbonyl (C=O) groups excluding carboxylic acids is 1. The lowest BCUT2D eigenvalue weighted by Crippen LogP contribution is -2.27. The van der Waals surface area contributed by atoms with Crippen LogP contribution >= 0.6 is 0 Å². The van der Waals surface area contributed by atoms with E-state index in [1.807, 2.05) is 6.07 Å². The summed E-state index contributed by atoms with van der Waals surface area (Å²) < 4.78 is 36.5. The van der Waals surface area contributed by atoms with Crippen LogP contribution in [-0.4, -0.2) is 46.9 Å². The fraction of sp³-hybridized carbons (Fsp3) is 0.350. The zero-order chi connectivity index (χ0) is 20.7. The van der Waals surface area contributed by atoms with Crippen molar-refractivity contribution in [1.29, 1.82) is 0 Å². The standard InChI is InChI=1S/C20H26N2O5S/c1-22(2)28(24,25)19-8-6-5-7-16(19)14-21-20(23)12-9-15-13-17(26-3)10-11-18(15)27-4/h5-8,10-11,13H,9,12,14H2,1-4H3,(H,21,23). The Bertz CT molecular complexity index is 926. The van der Waals surface area contributed by atoms with E-state index in [2.05, 4.69) is 5.32 Å². The minimum Gasteiger partial charge on any atom is -0.497 e. The van der Waals surface area contributed by atoms with Gasteiger partial charge in [-0.05, 0) is 41.8 Å². The second-order valence-electron chi connectivity index (χ2n) is 6.35. The number of hydrogen-bond donors (Lipinski definition) is 1. The van der Waals surface area contributed by atoms with E-state index in [1.54, 1.807) is 44.6 Å². The van der Waals surface area contributed by atoms with Gasteiger partial charge in [0.15, 0.2) is 0 Å². The quantitative estimate of drug-likeness (QED) is 0.690. The van der Waals surface area contributed by atoms with Gasteiger partial charge >= 0.3 is 0 Å². The third kappa shape index (κ3) is 5.24. The predicted octanol–water partition coefficient (Wildman–Crippen LogP) is 2.20. The number of methoxy groups -OCH3 is 2. The topological polar surface area (TPSA) is 84.9 Å². The predicted molar refractivity (Wildman–Crippen MR) is 107 cm³/mol. The molecule has 0 saturated heterocycles. The first-order chi connectivity index (χ1) is 13.3. The molecular formula is C20H26N2O5S. The van der Waals surface area contributed by atoms with Crippen molar-refractivity contribution >= 4 is 15.9 Å². The number of nitrogens with zero attached hydrogens (tertiary/aromatic N) is 1. The number of sulfonamides is 1. The molecule has 1 N–H and O–H groups in total. The molecule has 2 aromatic carbocycles. The summed E-state index contributed by atoms with van der Waals surface area (Å²) in [6.45, 7) is 0.136. The van der Waals surface area contributed by atoms with Crippen molar-refractivity contribution < 1.29 is 22.7 Å². The molecule has 0 atom stereocenters. The van der Waals surface area contributed by atoms with Crippen LogP contribution in [0.15, 0.2) is 47.4 Å². The van der Waals surface area contributed by atoms with Crippen LogP contribution in [0.25, 0.3) is 0 Å². The van der Waals surface area contributed by atoms with Crippen LogP contribution in [-0.2, 0) is 27.8 Å². The van der Waals surface area contributed by atoms with Crippen LogP contribution in [0.4, 0.5) is 0 Å². The van der Waals surface area contributed by atoms with Gasteiger partial charge in [0.2, 0.25) is 15.9 Å². The Morgan fingerprint density at radius 3 is 2.39 bits per heavy atom. The minimum absolute atomic E-state index is 0.136. The highest BCUT2D eigenvalue weighted by Gasteiger charge is 2.20. The normalized spacial score (nSPS) is 11.3. The molecule has 28 heavy (non-hydrogen) atoms. The van der Waals surface area contributed by atoms with Crippen LogP contribution in [0.3, 0.4) is 0 Å². The maximum Gasteiger partial charge on any atom is 0.242 e. The molecule has 0 spiro atoms. The van der Waals surface area contributed by atoms with E-state index in [4.69, 9.17) is 9.47 Å². The van der Waals surface area contributed by atoms with Gasteiger partial charge in [-0.1, -0.05) is 18.2 Å². The van der Waals surface area contributed by atoms with E-state index in [1.165, 1.54) is 20.2 Å². The largest absolute Gasteiger partial charge is 0.497 e. The molecule has 1 amide bonds. The van der Waals surface area contributed by atoms with Crippen molar-refractivity contribution in [2.75, 3.05) is 28.3 Å². The Hall–Kier alpha value is -2.58. The molecule has 8 heteroatoms. The minimum atomic E-state index is -3.58. The highest BCUT2D eigenvalue weighted by Crippen LogP contribution is 2.25. The first-order valence-corrected chi connectivity index (χ1v) is 10.2. The summed E-state index contributed by atoms with van der Waals surface area (Å²) in [6, 6.07) is 12.1. The molecule has 0 fully saturated rings. The van der Waals surface area contributed by atoms with Gasteiger partial charge < -0.3 is 14.8 Å². The number of aryl methyl sites for hydroxylation is 1. The van der Waals surface area contributed by atoms with Crippen LogP contribution in [0.2, 0.25) is 0 Å². The number of hydrogen-bond acceptors (Lipinski definition) is 5. The number of rotatable bonds is 9. The maximum absolute atomic E-state index is 12.4. The molecule has 0 aliphatic carbocycles. The van der Waals surface area contributed by atoms with Gasteiger partial charge in [0.25, 0.3) is 0 Å². The molecule has 0 aliphatic heterocycles. The Morgan fingerprint density at radius 1 is 1.04 bits per heavy atom. The average molecular weight is 407 g/mol. The molecular weight excluding hydrogens is 380 g/mol. The first kappa shape index (κ1) is 21.7. The number of benzene rings is 2. The lowest BCUT2D eigenvalue weighted by molar-refractivity contribution is -0.121. The van der Waals surface area contributed by atoms with Gasteiger partial charge in [-0.3, -0.25) is 4.79 Å². The summed E-state index contributed by atoms with van der Waals surface area (Å²) >= 11 is 0. The Labute approximate surface area is 166 Å². The van der Waals surface area contributed by atoms with Crippen LogP contribution in [0.5, 0.6) is 11.5 Å². The van der Waals surface area contributed by atoms with Crippen molar-refractivity contribution in [2.45, 2.75) is 24.3 Å². The molecule has 0 unspecified atom stereocenters. The van der Waals surface area contributed by atoms with Crippen molar-refractivity contribution in [1.82, 2.24) is 9.62 Å². The van der Waals surface area contributed by atoms with Crippen molar-refractivity contribution in [2.24, 2.45) is 0 Å². The molecule has 0 saturated carbocycles. The molecule has 0 radical (unpaired) electrons. The number of nitrogens with one attached hydrogen (secondary N) is 1. The third-order valence-corrected chi connectivity index (χ3v) is 6.23. The summed E-state index contributed by atoms with van der Waals surface area (Å²) in [6.07, 6.45) is 0.718. The van der Waals surface area contributed by atoms with E-state index < -0.39 is 10.0 Å². The van der Waals surface area contributed by atoms with Crippen molar-refractivity contribution in [3.63, 3.8) is 0 Å². The van der Waals surface area contributed by atoms with Gasteiger partial charge in [-0.15, -0.1) is 0 Å². The molecule has 2 aromatic rings. The molecule has 0 aliphatic rings. The van der Waals surface area contributed by atoms with E-state index in [0.717, 1.165) is 9.87 Å². The zero-order valence-corrected chi connectivity index (χ0v) is 17.4. The third-order valence-electron chi connectivity index (χ3n) is 4.32. The van der Waals surface area contributed by atoms with E-state index >= 15 is 0 Å². The molecule has 2 rings (SSSR count). The average Bonchev–Trinajstić information content (AvgIpc) is 2.70. The van der Waals surface area contributed by atoms with Crippen molar-refractivity contribution in [3.05, 3.63) is 53.6 Å². The Morgan fingerprint density at radius 2 is 1.75 bits per heavy atom. The smallest absolute Gasteiger partial charge is 0.242 e. The van der Waals surface area contributed by atoms with E-state index in [9.17, 15) is 13.2 Å². The maximum atomic E-state index is 12.4. The van der Waals surface area contributed by atoms with Crippen molar-refractivity contribution in [3.8, 4) is 11.5 Å². The molecule has 0 bridgehead atoms. The SMILES string of the molecule is COc1ccc(OC)c(CCC(=O)NCc2ccccc2S(=O)(=O)N(C)C)c1. The summed E-state index contributed by atoms with van der Waals surface area (Å²) in [5.74, 6) is 1.21. The highest BCUT2D eigenvalue weighted by atomic mass is 32.2. The zero-order valence-electron chi connectivity index (χ0n) is 16.6. The highest BCUT2D eigenvalue weighted by molar-refractivity contribution is 7.89. The summed E-state index contributed by atoms with van der Waals surface area (Å²) in [4.78, 5) is 12.5. The molecule has 0 aromatic heterocycles. The Kier molecular flexibility index (Phi) is 7.42. The Balaban J connectivity index is 2.03. The lowest BCUT2D eigenvalue weighted by atomic mass is 10.1. The number of ether oxygens (including phenoxy) is 2. The fourth-order valence-corrected chi connectivity index (χ4v) is 3.82. The molecule has 152 valence electrons. The first-order valence-electron chi connectivity index (χ1n) is 8.77. The summed E-state index contributed by atoms with van der Waals surface area (Å²) in [7, 11) is 2.54. The fourth-order valence-electron chi connectivity index (χ4n) is 2.71. The number of carbonyl (C=O) groups is 1.